The van der Waals surface area contributed by atoms with Crippen LogP contribution in [0.2, 0.25) is 0 Å². The molecule has 4 nitrogen and oxygen atoms in total. The zero-order chi connectivity index (χ0) is 21.4. The van der Waals surface area contributed by atoms with E-state index in [0.29, 0.717) is 0 Å². The maximum absolute atomic E-state index is 4.62. The maximum atomic E-state index is 4.62. The van der Waals surface area contributed by atoms with E-state index < -0.39 is 0 Å². The fraction of sp³-hybridized carbons (Fsp3) is 0.148. The lowest BCUT2D eigenvalue weighted by atomic mass is 10.1. The fourth-order valence-corrected chi connectivity index (χ4v) is 4.33. The van der Waals surface area contributed by atoms with Crippen LogP contribution < -0.4 is 14.7 Å². The first-order valence-corrected chi connectivity index (χ1v) is 10.6. The molecule has 0 spiro atoms. The zero-order valence-corrected chi connectivity index (χ0v) is 18.1. The van der Waals surface area contributed by atoms with Crippen molar-refractivity contribution in [3.63, 3.8) is 0 Å². The number of rotatable bonds is 4. The Kier molecular flexibility index (Phi) is 4.83. The molecule has 5 rings (SSSR count). The average Bonchev–Trinajstić information content (AvgIpc) is 3.07. The summed E-state index contributed by atoms with van der Waals surface area (Å²) in [5.74, 6) is 1.02. The van der Waals surface area contributed by atoms with Crippen LogP contribution in [0.15, 0.2) is 97.2 Å². The second-order valence-electron chi connectivity index (χ2n) is 7.94. The molecule has 0 bridgehead atoms. The second-order valence-corrected chi connectivity index (χ2v) is 7.94. The second kappa shape index (κ2) is 7.80. The molecule has 1 aliphatic heterocycles. The van der Waals surface area contributed by atoms with Crippen molar-refractivity contribution in [3.8, 4) is 0 Å². The molecule has 4 aromatic rings. The van der Waals surface area contributed by atoms with E-state index in [9.17, 15) is 0 Å². The standard InChI is InChI=1S/C27H26N4/c1-20-16-17-24(31(22-11-6-4-7-12-22)23-13-8-5-9-14-23)19-26(20)30-21(2)29(3)27-25(30)15-10-18-28-27/h4-19,21H,1-3H3. The van der Waals surface area contributed by atoms with Crippen molar-refractivity contribution >= 4 is 34.3 Å². The van der Waals surface area contributed by atoms with Gasteiger partial charge in [0.25, 0.3) is 0 Å². The van der Waals surface area contributed by atoms with Crippen molar-refractivity contribution in [1.82, 2.24) is 4.98 Å². The summed E-state index contributed by atoms with van der Waals surface area (Å²) in [5, 5.41) is 0. The molecule has 1 aliphatic rings. The summed E-state index contributed by atoms with van der Waals surface area (Å²) in [5.41, 5.74) is 6.98. The first kappa shape index (κ1) is 19.2. The van der Waals surface area contributed by atoms with Crippen LogP contribution in [0.4, 0.5) is 34.3 Å². The normalized spacial score (nSPS) is 15.1. The number of aromatic nitrogens is 1. The van der Waals surface area contributed by atoms with Crippen molar-refractivity contribution < 1.29 is 0 Å². The Morgan fingerprint density at radius 3 is 2.03 bits per heavy atom. The SMILES string of the molecule is Cc1ccc(N(c2ccccc2)c2ccccc2)cc1N1c2cccnc2N(C)C1C. The van der Waals surface area contributed by atoms with Gasteiger partial charge in [0.15, 0.2) is 5.82 Å². The number of hydrogen-bond acceptors (Lipinski definition) is 4. The van der Waals surface area contributed by atoms with E-state index in [1.54, 1.807) is 0 Å². The Morgan fingerprint density at radius 1 is 0.742 bits per heavy atom. The van der Waals surface area contributed by atoms with E-state index >= 15 is 0 Å². The van der Waals surface area contributed by atoms with Crippen molar-refractivity contribution in [2.24, 2.45) is 0 Å². The molecule has 0 radical (unpaired) electrons. The molecule has 0 fully saturated rings. The molecule has 1 atom stereocenters. The minimum Gasteiger partial charge on any atom is -0.337 e. The van der Waals surface area contributed by atoms with Crippen molar-refractivity contribution in [3.05, 3.63) is 103 Å². The summed E-state index contributed by atoms with van der Waals surface area (Å²) in [6.07, 6.45) is 2.04. The van der Waals surface area contributed by atoms with Crippen LogP contribution in [0.25, 0.3) is 0 Å². The highest BCUT2D eigenvalue weighted by Gasteiger charge is 2.33. The van der Waals surface area contributed by atoms with Crippen LogP contribution in [0.1, 0.15) is 12.5 Å². The molecule has 4 heteroatoms. The first-order chi connectivity index (χ1) is 15.1. The summed E-state index contributed by atoms with van der Waals surface area (Å²) in [4.78, 5) is 11.5. The van der Waals surface area contributed by atoms with E-state index in [1.807, 2.05) is 12.3 Å². The van der Waals surface area contributed by atoms with Gasteiger partial charge in [0, 0.05) is 36.0 Å². The highest BCUT2D eigenvalue weighted by Crippen LogP contribution is 2.45. The highest BCUT2D eigenvalue weighted by atomic mass is 15.4. The van der Waals surface area contributed by atoms with Crippen molar-refractivity contribution in [2.45, 2.75) is 20.0 Å². The molecule has 0 saturated carbocycles. The topological polar surface area (TPSA) is 22.6 Å². The molecule has 154 valence electrons. The van der Waals surface area contributed by atoms with E-state index in [4.69, 9.17) is 0 Å². The number of hydrogen-bond donors (Lipinski definition) is 0. The van der Waals surface area contributed by atoms with Crippen LogP contribution >= 0.6 is 0 Å². The summed E-state index contributed by atoms with van der Waals surface area (Å²) in [6, 6.07) is 31.9. The molecule has 2 heterocycles. The predicted octanol–water partition coefficient (Wildman–Crippen LogP) is 6.79. The molecule has 31 heavy (non-hydrogen) atoms. The zero-order valence-electron chi connectivity index (χ0n) is 18.1. The Balaban J connectivity index is 1.66. The number of benzene rings is 3. The molecule has 0 aliphatic carbocycles. The maximum Gasteiger partial charge on any atom is 0.153 e. The Labute approximate surface area is 184 Å². The lowest BCUT2D eigenvalue weighted by Gasteiger charge is -2.31. The third-order valence-corrected chi connectivity index (χ3v) is 6.03. The van der Waals surface area contributed by atoms with Crippen LogP contribution in [0, 0.1) is 6.92 Å². The summed E-state index contributed by atoms with van der Waals surface area (Å²) in [7, 11) is 2.11. The molecule has 1 unspecified atom stereocenters. The number of fused-ring (bicyclic) bond motifs is 1. The van der Waals surface area contributed by atoms with Crippen LogP contribution in [-0.2, 0) is 0 Å². The van der Waals surface area contributed by atoms with E-state index in [-0.39, 0.29) is 6.17 Å². The summed E-state index contributed by atoms with van der Waals surface area (Å²) >= 11 is 0. The van der Waals surface area contributed by atoms with Gasteiger partial charge in [-0.05, 0) is 67.9 Å². The van der Waals surface area contributed by atoms with E-state index in [0.717, 1.165) is 28.6 Å². The van der Waals surface area contributed by atoms with Gasteiger partial charge in [0.2, 0.25) is 0 Å². The van der Waals surface area contributed by atoms with Gasteiger partial charge < -0.3 is 14.7 Å². The monoisotopic (exact) mass is 406 g/mol. The van der Waals surface area contributed by atoms with Crippen molar-refractivity contribution in [2.75, 3.05) is 21.7 Å². The molecular formula is C27H26N4. The minimum absolute atomic E-state index is 0.181. The van der Waals surface area contributed by atoms with E-state index in [1.165, 1.54) is 11.3 Å². The van der Waals surface area contributed by atoms with Gasteiger partial charge in [0.1, 0.15) is 6.17 Å². The third kappa shape index (κ3) is 3.30. The van der Waals surface area contributed by atoms with Gasteiger partial charge in [0.05, 0.1) is 5.69 Å². The largest absolute Gasteiger partial charge is 0.337 e. The average molecular weight is 407 g/mol. The Bertz CT molecular complexity index is 1150. The molecule has 0 saturated heterocycles. The quantitative estimate of drug-likeness (QED) is 0.372. The predicted molar refractivity (Wildman–Crippen MR) is 130 cm³/mol. The van der Waals surface area contributed by atoms with Gasteiger partial charge in [-0.3, -0.25) is 0 Å². The minimum atomic E-state index is 0.181. The summed E-state index contributed by atoms with van der Waals surface area (Å²) in [6.45, 7) is 4.40. The first-order valence-electron chi connectivity index (χ1n) is 10.6. The number of aryl methyl sites for hydroxylation is 1. The van der Waals surface area contributed by atoms with Gasteiger partial charge in [-0.15, -0.1) is 0 Å². The molecule has 0 N–H and O–H groups in total. The van der Waals surface area contributed by atoms with Crippen molar-refractivity contribution in [1.29, 1.82) is 0 Å². The summed E-state index contributed by atoms with van der Waals surface area (Å²) < 4.78 is 0. The van der Waals surface area contributed by atoms with Crippen LogP contribution in [0.3, 0.4) is 0 Å². The smallest absolute Gasteiger partial charge is 0.153 e. The number of nitrogens with zero attached hydrogens (tertiary/aromatic N) is 4. The number of anilines is 6. The molecule has 3 aromatic carbocycles. The van der Waals surface area contributed by atoms with Gasteiger partial charge in [-0.1, -0.05) is 42.5 Å². The lowest BCUT2D eigenvalue weighted by molar-refractivity contribution is 0.728. The van der Waals surface area contributed by atoms with Gasteiger partial charge in [-0.2, -0.15) is 0 Å². The Morgan fingerprint density at radius 2 is 1.39 bits per heavy atom. The van der Waals surface area contributed by atoms with Gasteiger partial charge in [-0.25, -0.2) is 4.98 Å². The Hall–Kier alpha value is -3.79. The van der Waals surface area contributed by atoms with Crippen LogP contribution in [-0.4, -0.2) is 18.2 Å². The lowest BCUT2D eigenvalue weighted by Crippen LogP contribution is -2.36. The van der Waals surface area contributed by atoms with Gasteiger partial charge >= 0.3 is 0 Å². The fourth-order valence-electron chi connectivity index (χ4n) is 4.33. The van der Waals surface area contributed by atoms with E-state index in [2.05, 4.69) is 126 Å². The van der Waals surface area contributed by atoms with Crippen LogP contribution in [0.5, 0.6) is 0 Å². The highest BCUT2D eigenvalue weighted by molar-refractivity contribution is 5.85. The number of para-hydroxylation sites is 2. The number of pyridine rings is 1. The molecular weight excluding hydrogens is 380 g/mol. The molecule has 1 aromatic heterocycles. The third-order valence-electron chi connectivity index (χ3n) is 6.03. The molecule has 0 amide bonds.